The van der Waals surface area contributed by atoms with Gasteiger partial charge < -0.3 is 5.11 Å². The predicted molar refractivity (Wildman–Crippen MR) is 48.3 cm³/mol. The number of Topliss-reactive ketones (excluding diaryl/α,β-unsaturated/α-hetero) is 1. The normalized spacial score (nSPS) is 32.1. The van der Waals surface area contributed by atoms with E-state index in [1.807, 2.05) is 20.8 Å². The number of carbonyl (C=O) groups is 2. The lowest BCUT2D eigenvalue weighted by atomic mass is 9.79. The Hall–Kier alpha value is -0.860. The zero-order valence-electron chi connectivity index (χ0n) is 8.33. The second kappa shape index (κ2) is 3.13. The van der Waals surface area contributed by atoms with Gasteiger partial charge in [-0.05, 0) is 12.3 Å². The number of rotatable bonds is 2. The van der Waals surface area contributed by atoms with Gasteiger partial charge in [-0.15, -0.1) is 0 Å². The van der Waals surface area contributed by atoms with Crippen LogP contribution in [0.2, 0.25) is 0 Å². The van der Waals surface area contributed by atoms with Crippen LogP contribution in [0.3, 0.4) is 0 Å². The van der Waals surface area contributed by atoms with Crippen LogP contribution in [-0.2, 0) is 9.59 Å². The Kier molecular flexibility index (Phi) is 2.46. The first-order valence-corrected chi connectivity index (χ1v) is 4.61. The molecule has 1 saturated carbocycles. The van der Waals surface area contributed by atoms with E-state index in [4.69, 9.17) is 5.11 Å². The van der Waals surface area contributed by atoms with Crippen molar-refractivity contribution < 1.29 is 14.7 Å². The van der Waals surface area contributed by atoms with E-state index in [-0.39, 0.29) is 24.0 Å². The molecule has 0 aromatic carbocycles. The Morgan fingerprint density at radius 2 is 2.15 bits per heavy atom. The molecule has 0 heterocycles. The fourth-order valence-corrected chi connectivity index (χ4v) is 2.21. The summed E-state index contributed by atoms with van der Waals surface area (Å²) in [6.07, 6.45) is 0.835. The number of carboxylic acid groups (broad SMARTS) is 1. The average molecular weight is 184 g/mol. The van der Waals surface area contributed by atoms with Gasteiger partial charge in [0.2, 0.25) is 0 Å². The second-order valence-corrected chi connectivity index (χ2v) is 4.52. The fraction of sp³-hybridized carbons (Fsp3) is 0.800. The van der Waals surface area contributed by atoms with E-state index < -0.39 is 11.4 Å². The molecule has 0 radical (unpaired) electrons. The molecule has 0 aromatic heterocycles. The molecule has 1 aliphatic rings. The SMILES string of the molecule is C[C@@H]1C[C@@H](CC(=O)O)C(C)(C)C1=O. The third kappa shape index (κ3) is 1.74. The van der Waals surface area contributed by atoms with Crippen LogP contribution >= 0.6 is 0 Å². The van der Waals surface area contributed by atoms with Crippen molar-refractivity contribution in [3.8, 4) is 0 Å². The maximum Gasteiger partial charge on any atom is 0.303 e. The van der Waals surface area contributed by atoms with Crippen LogP contribution in [0.25, 0.3) is 0 Å². The van der Waals surface area contributed by atoms with Gasteiger partial charge in [-0.25, -0.2) is 0 Å². The minimum Gasteiger partial charge on any atom is -0.481 e. The molecule has 2 atom stereocenters. The van der Waals surface area contributed by atoms with Crippen molar-refractivity contribution in [3.63, 3.8) is 0 Å². The lowest BCUT2D eigenvalue weighted by Gasteiger charge is -2.23. The van der Waals surface area contributed by atoms with Crippen LogP contribution in [-0.4, -0.2) is 16.9 Å². The van der Waals surface area contributed by atoms with E-state index >= 15 is 0 Å². The van der Waals surface area contributed by atoms with Gasteiger partial charge in [0.15, 0.2) is 0 Å². The van der Waals surface area contributed by atoms with Gasteiger partial charge >= 0.3 is 5.97 Å². The summed E-state index contributed by atoms with van der Waals surface area (Å²) in [7, 11) is 0. The molecule has 0 spiro atoms. The minimum absolute atomic E-state index is 0.00694. The monoisotopic (exact) mass is 184 g/mol. The molecule has 1 N–H and O–H groups in total. The van der Waals surface area contributed by atoms with Gasteiger partial charge in [0, 0.05) is 17.8 Å². The maximum atomic E-state index is 11.6. The molecular weight excluding hydrogens is 168 g/mol. The van der Waals surface area contributed by atoms with Crippen molar-refractivity contribution >= 4 is 11.8 Å². The number of carboxylic acids is 1. The highest BCUT2D eigenvalue weighted by Crippen LogP contribution is 2.44. The van der Waals surface area contributed by atoms with Gasteiger partial charge in [0.05, 0.1) is 0 Å². The van der Waals surface area contributed by atoms with Crippen molar-refractivity contribution in [3.05, 3.63) is 0 Å². The molecule has 0 aliphatic heterocycles. The number of ketones is 1. The summed E-state index contributed by atoms with van der Waals surface area (Å²) in [6.45, 7) is 5.59. The first-order valence-electron chi connectivity index (χ1n) is 4.61. The second-order valence-electron chi connectivity index (χ2n) is 4.52. The Labute approximate surface area is 78.1 Å². The zero-order chi connectivity index (χ0) is 10.2. The zero-order valence-corrected chi connectivity index (χ0v) is 8.33. The van der Waals surface area contributed by atoms with E-state index in [2.05, 4.69) is 0 Å². The maximum absolute atomic E-state index is 11.6. The van der Waals surface area contributed by atoms with Crippen LogP contribution in [0.4, 0.5) is 0 Å². The van der Waals surface area contributed by atoms with Crippen molar-refractivity contribution in [1.82, 2.24) is 0 Å². The van der Waals surface area contributed by atoms with Crippen LogP contribution < -0.4 is 0 Å². The summed E-state index contributed by atoms with van der Waals surface area (Å²) < 4.78 is 0. The molecule has 74 valence electrons. The van der Waals surface area contributed by atoms with E-state index in [0.29, 0.717) is 0 Å². The van der Waals surface area contributed by atoms with Gasteiger partial charge in [0.25, 0.3) is 0 Å². The van der Waals surface area contributed by atoms with Crippen molar-refractivity contribution in [1.29, 1.82) is 0 Å². The summed E-state index contributed by atoms with van der Waals surface area (Å²) in [6, 6.07) is 0. The summed E-state index contributed by atoms with van der Waals surface area (Å²) in [5.41, 5.74) is -0.447. The number of carbonyl (C=O) groups excluding carboxylic acids is 1. The Morgan fingerprint density at radius 3 is 2.46 bits per heavy atom. The van der Waals surface area contributed by atoms with E-state index in [1.165, 1.54) is 0 Å². The van der Waals surface area contributed by atoms with Gasteiger partial charge in [-0.2, -0.15) is 0 Å². The Morgan fingerprint density at radius 1 is 1.62 bits per heavy atom. The summed E-state index contributed by atoms with van der Waals surface area (Å²) in [5.74, 6) is -0.564. The first-order chi connectivity index (χ1) is 5.85. The molecule has 0 unspecified atom stereocenters. The first kappa shape index (κ1) is 10.2. The lowest BCUT2D eigenvalue weighted by Crippen LogP contribution is -2.27. The van der Waals surface area contributed by atoms with Crippen molar-refractivity contribution in [2.24, 2.45) is 17.3 Å². The van der Waals surface area contributed by atoms with Crippen LogP contribution in [0.15, 0.2) is 0 Å². The number of hydrogen-bond donors (Lipinski definition) is 1. The molecule has 0 bridgehead atoms. The Balaban J connectivity index is 2.78. The summed E-state index contributed by atoms with van der Waals surface area (Å²) >= 11 is 0. The van der Waals surface area contributed by atoms with E-state index in [9.17, 15) is 9.59 Å². The van der Waals surface area contributed by atoms with Crippen LogP contribution in [0, 0.1) is 17.3 Å². The average Bonchev–Trinajstić information content (AvgIpc) is 2.15. The van der Waals surface area contributed by atoms with Gasteiger partial charge in [-0.1, -0.05) is 20.8 Å². The number of aliphatic carboxylic acids is 1. The van der Waals surface area contributed by atoms with Crippen LogP contribution in [0.1, 0.15) is 33.6 Å². The highest BCUT2D eigenvalue weighted by atomic mass is 16.4. The molecule has 0 amide bonds. The third-order valence-electron chi connectivity index (χ3n) is 3.16. The molecule has 1 fully saturated rings. The molecule has 1 rings (SSSR count). The van der Waals surface area contributed by atoms with E-state index in [1.54, 1.807) is 0 Å². The topological polar surface area (TPSA) is 54.4 Å². The largest absolute Gasteiger partial charge is 0.481 e. The highest BCUT2D eigenvalue weighted by molar-refractivity contribution is 5.89. The quantitative estimate of drug-likeness (QED) is 0.710. The van der Waals surface area contributed by atoms with Crippen molar-refractivity contribution in [2.75, 3.05) is 0 Å². The van der Waals surface area contributed by atoms with Crippen LogP contribution in [0.5, 0.6) is 0 Å². The van der Waals surface area contributed by atoms with E-state index in [0.717, 1.165) is 6.42 Å². The molecule has 0 saturated heterocycles. The molecule has 3 nitrogen and oxygen atoms in total. The summed E-state index contributed by atoms with van der Waals surface area (Å²) in [5, 5.41) is 8.67. The molecular formula is C10H16O3. The summed E-state index contributed by atoms with van der Waals surface area (Å²) in [4.78, 5) is 22.2. The molecule has 3 heteroatoms. The van der Waals surface area contributed by atoms with Crippen molar-refractivity contribution in [2.45, 2.75) is 33.6 Å². The highest BCUT2D eigenvalue weighted by Gasteiger charge is 2.46. The molecule has 0 aromatic rings. The minimum atomic E-state index is -0.806. The predicted octanol–water partition coefficient (Wildman–Crippen LogP) is 1.71. The smallest absolute Gasteiger partial charge is 0.303 e. The van der Waals surface area contributed by atoms with Gasteiger partial charge in [-0.3, -0.25) is 9.59 Å². The standard InChI is InChI=1S/C10H16O3/c1-6-4-7(5-8(11)12)10(2,3)9(6)13/h6-7H,4-5H2,1-3H3,(H,11,12)/t6-,7+/m1/s1. The number of hydrogen-bond acceptors (Lipinski definition) is 2. The molecule has 13 heavy (non-hydrogen) atoms. The third-order valence-corrected chi connectivity index (χ3v) is 3.16. The Bertz CT molecular complexity index is 243. The fourth-order valence-electron chi connectivity index (χ4n) is 2.21. The molecule has 1 aliphatic carbocycles. The van der Waals surface area contributed by atoms with Gasteiger partial charge in [0.1, 0.15) is 5.78 Å². The lowest BCUT2D eigenvalue weighted by molar-refractivity contribution is -0.139.